The van der Waals surface area contributed by atoms with Gasteiger partial charge >= 0.3 is 0 Å². The predicted octanol–water partition coefficient (Wildman–Crippen LogP) is 2.20. The molecule has 21 heavy (non-hydrogen) atoms. The van der Waals surface area contributed by atoms with E-state index in [1.165, 1.54) is 6.42 Å². The number of methoxy groups -OCH3 is 1. The van der Waals surface area contributed by atoms with E-state index in [0.29, 0.717) is 11.6 Å². The summed E-state index contributed by atoms with van der Waals surface area (Å²) in [5.41, 5.74) is 6.42. The van der Waals surface area contributed by atoms with Gasteiger partial charge in [0.25, 0.3) is 0 Å². The summed E-state index contributed by atoms with van der Waals surface area (Å²) < 4.78 is 11.4. The SMILES string of the molecule is COC1(C)CCCN(CCOc2ccc(C(N)=S)cc2)C1. The minimum atomic E-state index is -0.0171. The summed E-state index contributed by atoms with van der Waals surface area (Å²) in [5.74, 6) is 0.849. The molecule has 1 aliphatic heterocycles. The Kier molecular flexibility index (Phi) is 5.56. The van der Waals surface area contributed by atoms with Crippen molar-refractivity contribution in [1.29, 1.82) is 0 Å². The van der Waals surface area contributed by atoms with E-state index in [0.717, 1.165) is 37.4 Å². The largest absolute Gasteiger partial charge is 0.492 e. The van der Waals surface area contributed by atoms with Crippen molar-refractivity contribution in [3.63, 3.8) is 0 Å². The lowest BCUT2D eigenvalue weighted by molar-refractivity contribution is -0.0524. The highest BCUT2D eigenvalue weighted by Crippen LogP contribution is 2.23. The van der Waals surface area contributed by atoms with Gasteiger partial charge in [-0.1, -0.05) is 12.2 Å². The number of rotatable bonds is 6. The number of nitrogens with two attached hydrogens (primary N) is 1. The highest BCUT2D eigenvalue weighted by atomic mass is 32.1. The van der Waals surface area contributed by atoms with Crippen LogP contribution in [0.15, 0.2) is 24.3 Å². The maximum atomic E-state index is 5.78. The summed E-state index contributed by atoms with van der Waals surface area (Å²) in [5, 5.41) is 0. The molecule has 1 aromatic rings. The van der Waals surface area contributed by atoms with Crippen LogP contribution in [0.3, 0.4) is 0 Å². The third-order valence-corrected chi connectivity index (χ3v) is 4.28. The Morgan fingerprint density at radius 2 is 2.10 bits per heavy atom. The molecular formula is C16H24N2O2S. The quantitative estimate of drug-likeness (QED) is 0.817. The number of nitrogens with zero attached hydrogens (tertiary/aromatic N) is 1. The Hall–Kier alpha value is -1.17. The lowest BCUT2D eigenvalue weighted by atomic mass is 9.95. The molecule has 1 saturated heterocycles. The number of likely N-dealkylation sites (tertiary alicyclic amines) is 1. The molecule has 1 aliphatic rings. The van der Waals surface area contributed by atoms with Crippen molar-refractivity contribution in [2.45, 2.75) is 25.4 Å². The van der Waals surface area contributed by atoms with E-state index in [-0.39, 0.29) is 5.60 Å². The van der Waals surface area contributed by atoms with Crippen LogP contribution in [-0.4, -0.2) is 48.8 Å². The normalized spacial score (nSPS) is 23.0. The summed E-state index contributed by atoms with van der Waals surface area (Å²) >= 11 is 4.93. The zero-order chi connectivity index (χ0) is 15.3. The van der Waals surface area contributed by atoms with E-state index in [1.54, 1.807) is 7.11 Å². The number of piperidine rings is 1. The van der Waals surface area contributed by atoms with E-state index in [2.05, 4.69) is 11.8 Å². The summed E-state index contributed by atoms with van der Waals surface area (Å²) in [7, 11) is 1.80. The van der Waals surface area contributed by atoms with Gasteiger partial charge in [0.05, 0.1) is 5.60 Å². The molecule has 5 heteroatoms. The van der Waals surface area contributed by atoms with E-state index < -0.39 is 0 Å². The number of hydrogen-bond donors (Lipinski definition) is 1. The van der Waals surface area contributed by atoms with Gasteiger partial charge in [0.1, 0.15) is 17.3 Å². The monoisotopic (exact) mass is 308 g/mol. The molecule has 1 aromatic carbocycles. The summed E-state index contributed by atoms with van der Waals surface area (Å²) in [6, 6.07) is 7.59. The maximum Gasteiger partial charge on any atom is 0.119 e. The Morgan fingerprint density at radius 1 is 1.38 bits per heavy atom. The van der Waals surface area contributed by atoms with Gasteiger partial charge in [-0.15, -0.1) is 0 Å². The lowest BCUT2D eigenvalue weighted by Crippen LogP contribution is -2.48. The summed E-state index contributed by atoms with van der Waals surface area (Å²) in [4.78, 5) is 2.81. The van der Waals surface area contributed by atoms with E-state index in [9.17, 15) is 0 Å². The van der Waals surface area contributed by atoms with Crippen LogP contribution in [0.4, 0.5) is 0 Å². The van der Waals surface area contributed by atoms with Gasteiger partial charge in [-0.25, -0.2) is 0 Å². The van der Waals surface area contributed by atoms with Gasteiger partial charge in [0.15, 0.2) is 0 Å². The fraction of sp³-hybridized carbons (Fsp3) is 0.562. The van der Waals surface area contributed by atoms with Crippen LogP contribution in [0.2, 0.25) is 0 Å². The summed E-state index contributed by atoms with van der Waals surface area (Å²) in [6.07, 6.45) is 2.30. The van der Waals surface area contributed by atoms with Crippen molar-refractivity contribution in [3.8, 4) is 5.75 Å². The van der Waals surface area contributed by atoms with Gasteiger partial charge in [-0.3, -0.25) is 4.90 Å². The van der Waals surface area contributed by atoms with E-state index >= 15 is 0 Å². The molecule has 0 aromatic heterocycles. The first kappa shape index (κ1) is 16.2. The van der Waals surface area contributed by atoms with Gasteiger partial charge < -0.3 is 15.2 Å². The van der Waals surface area contributed by atoms with Gasteiger partial charge in [0.2, 0.25) is 0 Å². The van der Waals surface area contributed by atoms with Crippen LogP contribution >= 0.6 is 12.2 Å². The first-order chi connectivity index (χ1) is 10.0. The van der Waals surface area contributed by atoms with E-state index in [1.807, 2.05) is 24.3 Å². The molecule has 116 valence electrons. The lowest BCUT2D eigenvalue weighted by Gasteiger charge is -2.39. The molecule has 0 spiro atoms. The van der Waals surface area contributed by atoms with Crippen molar-refractivity contribution in [2.75, 3.05) is 33.4 Å². The minimum absolute atomic E-state index is 0.0171. The van der Waals surface area contributed by atoms with Crippen LogP contribution in [0.1, 0.15) is 25.3 Å². The van der Waals surface area contributed by atoms with Gasteiger partial charge in [0, 0.05) is 25.8 Å². The molecule has 2 rings (SSSR count). The van der Waals surface area contributed by atoms with Gasteiger partial charge in [-0.05, 0) is 50.6 Å². The first-order valence-electron chi connectivity index (χ1n) is 7.33. The highest BCUT2D eigenvalue weighted by Gasteiger charge is 2.30. The summed E-state index contributed by atoms with van der Waals surface area (Å²) in [6.45, 7) is 5.84. The standard InChI is InChI=1S/C16H24N2O2S/c1-16(19-2)8-3-9-18(12-16)10-11-20-14-6-4-13(5-7-14)15(17)21/h4-7H,3,8-12H2,1-2H3,(H2,17,21). The molecule has 2 N–H and O–H groups in total. The van der Waals surface area contributed by atoms with Crippen LogP contribution in [0.5, 0.6) is 5.75 Å². The Labute approximate surface area is 132 Å². The second-order valence-electron chi connectivity index (χ2n) is 5.77. The molecule has 1 heterocycles. The van der Waals surface area contributed by atoms with Crippen molar-refractivity contribution < 1.29 is 9.47 Å². The molecular weight excluding hydrogens is 284 g/mol. The molecule has 1 unspecified atom stereocenters. The fourth-order valence-electron chi connectivity index (χ4n) is 2.67. The van der Waals surface area contributed by atoms with Crippen molar-refractivity contribution in [3.05, 3.63) is 29.8 Å². The van der Waals surface area contributed by atoms with Crippen LogP contribution < -0.4 is 10.5 Å². The number of thiocarbonyl (C=S) groups is 1. The number of benzene rings is 1. The molecule has 1 atom stereocenters. The van der Waals surface area contributed by atoms with Crippen molar-refractivity contribution in [1.82, 2.24) is 4.90 Å². The third kappa shape index (κ3) is 4.66. The number of ether oxygens (including phenoxy) is 2. The third-order valence-electron chi connectivity index (χ3n) is 4.05. The zero-order valence-electron chi connectivity index (χ0n) is 12.8. The molecule has 0 amide bonds. The second-order valence-corrected chi connectivity index (χ2v) is 6.21. The fourth-order valence-corrected chi connectivity index (χ4v) is 2.81. The smallest absolute Gasteiger partial charge is 0.119 e. The topological polar surface area (TPSA) is 47.7 Å². The van der Waals surface area contributed by atoms with Crippen LogP contribution in [0.25, 0.3) is 0 Å². The van der Waals surface area contributed by atoms with Crippen molar-refractivity contribution >= 4 is 17.2 Å². The predicted molar refractivity (Wildman–Crippen MR) is 88.9 cm³/mol. The van der Waals surface area contributed by atoms with Crippen LogP contribution in [0, 0.1) is 0 Å². The first-order valence-corrected chi connectivity index (χ1v) is 7.73. The maximum absolute atomic E-state index is 5.78. The Morgan fingerprint density at radius 3 is 2.71 bits per heavy atom. The average Bonchev–Trinajstić information content (AvgIpc) is 2.48. The zero-order valence-corrected chi connectivity index (χ0v) is 13.6. The van der Waals surface area contributed by atoms with E-state index in [4.69, 9.17) is 27.4 Å². The minimum Gasteiger partial charge on any atom is -0.492 e. The molecule has 0 bridgehead atoms. The second kappa shape index (κ2) is 7.20. The average molecular weight is 308 g/mol. The molecule has 0 saturated carbocycles. The molecule has 0 radical (unpaired) electrons. The van der Waals surface area contributed by atoms with Crippen LogP contribution in [-0.2, 0) is 4.74 Å². The molecule has 1 fully saturated rings. The van der Waals surface area contributed by atoms with Gasteiger partial charge in [-0.2, -0.15) is 0 Å². The number of hydrogen-bond acceptors (Lipinski definition) is 4. The highest BCUT2D eigenvalue weighted by molar-refractivity contribution is 7.80. The van der Waals surface area contributed by atoms with Crippen molar-refractivity contribution in [2.24, 2.45) is 5.73 Å². The molecule has 4 nitrogen and oxygen atoms in total. The Bertz CT molecular complexity index is 478. The Balaban J connectivity index is 1.77. The molecule has 0 aliphatic carbocycles.